The van der Waals surface area contributed by atoms with E-state index in [9.17, 15) is 19.5 Å². The minimum absolute atomic E-state index is 0.101. The van der Waals surface area contributed by atoms with Crippen molar-refractivity contribution in [1.82, 2.24) is 10.2 Å². The van der Waals surface area contributed by atoms with Gasteiger partial charge in [-0.3, -0.25) is 24.6 Å². The summed E-state index contributed by atoms with van der Waals surface area (Å²) in [5.74, 6) is -3.37. The summed E-state index contributed by atoms with van der Waals surface area (Å²) in [7, 11) is 3.02. The van der Waals surface area contributed by atoms with Crippen LogP contribution in [0.5, 0.6) is 11.5 Å². The Kier molecular flexibility index (Phi) is 6.92. The number of nitrogens with one attached hydrogen (secondary N) is 1. The summed E-state index contributed by atoms with van der Waals surface area (Å²) in [6.45, 7) is 3.79. The molecule has 0 spiro atoms. The molecule has 2 saturated heterocycles. The third-order valence-electron chi connectivity index (χ3n) is 7.43. The fourth-order valence-electron chi connectivity index (χ4n) is 5.51. The first kappa shape index (κ1) is 25.2. The first-order valence-corrected chi connectivity index (χ1v) is 12.3. The Morgan fingerprint density at radius 2 is 1.86 bits per heavy atom. The number of likely N-dealkylation sites (tertiary alicyclic amines) is 1. The molecule has 2 aromatic carbocycles. The van der Waals surface area contributed by atoms with Crippen LogP contribution in [0, 0.1) is 17.8 Å². The number of benzene rings is 2. The first-order valence-electron chi connectivity index (χ1n) is 11.5. The third kappa shape index (κ3) is 3.90. The van der Waals surface area contributed by atoms with Gasteiger partial charge in [-0.25, -0.2) is 0 Å². The summed E-state index contributed by atoms with van der Waals surface area (Å²) < 4.78 is 11.5. The molecule has 2 aliphatic rings. The van der Waals surface area contributed by atoms with E-state index in [0.29, 0.717) is 28.0 Å². The lowest BCUT2D eigenvalue weighted by molar-refractivity contribution is -0.154. The maximum absolute atomic E-state index is 13.8. The van der Waals surface area contributed by atoms with Gasteiger partial charge in [0.2, 0.25) is 11.8 Å². The van der Waals surface area contributed by atoms with Gasteiger partial charge in [-0.2, -0.15) is 0 Å². The van der Waals surface area contributed by atoms with E-state index in [1.807, 2.05) is 44.2 Å². The number of carbonyl (C=O) groups is 3. The van der Waals surface area contributed by atoms with Crippen molar-refractivity contribution >= 4 is 33.7 Å². The van der Waals surface area contributed by atoms with Gasteiger partial charge < -0.3 is 14.6 Å². The van der Waals surface area contributed by atoms with Gasteiger partial charge in [0, 0.05) is 6.04 Å². The number of carboxylic acid groups (broad SMARTS) is 1. The van der Waals surface area contributed by atoms with Crippen LogP contribution in [0.2, 0.25) is 0 Å². The van der Waals surface area contributed by atoms with Gasteiger partial charge in [0.05, 0.1) is 37.1 Å². The van der Waals surface area contributed by atoms with E-state index in [2.05, 4.69) is 21.2 Å². The predicted molar refractivity (Wildman–Crippen MR) is 132 cm³/mol. The van der Waals surface area contributed by atoms with Crippen LogP contribution in [0.4, 0.5) is 0 Å². The number of imide groups is 1. The molecule has 35 heavy (non-hydrogen) atoms. The van der Waals surface area contributed by atoms with Crippen molar-refractivity contribution in [3.05, 3.63) is 58.1 Å². The lowest BCUT2D eigenvalue weighted by Gasteiger charge is -2.36. The van der Waals surface area contributed by atoms with E-state index in [-0.39, 0.29) is 12.5 Å². The number of methoxy groups -OCH3 is 2. The standard InChI is InChI=1S/C26H29BrN2O6/c1-5-14(2)26(25(32)33)20-19(23(30)29(24(20)31)13-15-9-7-6-8-10-15)21(28-26)16-11-17(27)22(35-4)18(12-16)34-3/h6-12,14,19-21,28H,5,13H2,1-4H3,(H,32,33). The van der Waals surface area contributed by atoms with Crippen LogP contribution < -0.4 is 14.8 Å². The van der Waals surface area contributed by atoms with Gasteiger partial charge >= 0.3 is 5.97 Å². The summed E-state index contributed by atoms with van der Waals surface area (Å²) in [5.41, 5.74) is -0.155. The number of fused-ring (bicyclic) bond motifs is 1. The minimum Gasteiger partial charge on any atom is -0.493 e. The summed E-state index contributed by atoms with van der Waals surface area (Å²) in [6.07, 6.45) is 0.519. The number of halogens is 1. The molecule has 0 saturated carbocycles. The Hall–Kier alpha value is -2.91. The van der Waals surface area contributed by atoms with Gasteiger partial charge in [-0.1, -0.05) is 50.6 Å². The number of carboxylic acids is 1. The number of nitrogens with zero attached hydrogens (tertiary/aromatic N) is 1. The van der Waals surface area contributed by atoms with E-state index in [1.165, 1.54) is 19.1 Å². The Labute approximate surface area is 212 Å². The fraction of sp³-hybridized carbons (Fsp3) is 0.423. The molecule has 9 heteroatoms. The van der Waals surface area contributed by atoms with E-state index >= 15 is 0 Å². The average molecular weight is 545 g/mol. The van der Waals surface area contributed by atoms with Crippen molar-refractivity contribution < 1.29 is 29.0 Å². The molecule has 2 aliphatic heterocycles. The van der Waals surface area contributed by atoms with Crippen LogP contribution in [0.1, 0.15) is 37.4 Å². The summed E-state index contributed by atoms with van der Waals surface area (Å²) >= 11 is 3.49. The van der Waals surface area contributed by atoms with E-state index in [1.54, 1.807) is 12.1 Å². The molecule has 5 atom stereocenters. The topological polar surface area (TPSA) is 105 Å². The smallest absolute Gasteiger partial charge is 0.325 e. The number of amides is 2. The number of rotatable bonds is 8. The number of aliphatic carboxylic acids is 1. The minimum atomic E-state index is -1.60. The zero-order valence-electron chi connectivity index (χ0n) is 20.1. The Morgan fingerprint density at radius 3 is 2.43 bits per heavy atom. The average Bonchev–Trinajstić information content (AvgIpc) is 3.34. The second-order valence-corrected chi connectivity index (χ2v) is 9.95. The Bertz CT molecular complexity index is 1160. The van der Waals surface area contributed by atoms with Crippen LogP contribution in [0.25, 0.3) is 0 Å². The zero-order valence-corrected chi connectivity index (χ0v) is 21.7. The molecule has 186 valence electrons. The van der Waals surface area contributed by atoms with Gasteiger partial charge in [-0.15, -0.1) is 0 Å². The number of carbonyl (C=O) groups excluding carboxylic acids is 2. The molecule has 0 radical (unpaired) electrons. The quantitative estimate of drug-likeness (QED) is 0.487. The first-order chi connectivity index (χ1) is 16.7. The highest BCUT2D eigenvalue weighted by Crippen LogP contribution is 2.53. The van der Waals surface area contributed by atoms with Crippen LogP contribution in [0.3, 0.4) is 0 Å². The monoisotopic (exact) mass is 544 g/mol. The zero-order chi connectivity index (χ0) is 25.5. The summed E-state index contributed by atoms with van der Waals surface area (Å²) in [4.78, 5) is 41.6. The molecule has 2 heterocycles. The fourth-order valence-corrected chi connectivity index (χ4v) is 6.13. The molecule has 2 fully saturated rings. The second-order valence-electron chi connectivity index (χ2n) is 9.10. The molecule has 2 amide bonds. The van der Waals surface area contributed by atoms with Crippen molar-refractivity contribution in [2.45, 2.75) is 38.4 Å². The molecule has 2 aromatic rings. The molecule has 8 nitrogen and oxygen atoms in total. The van der Waals surface area contributed by atoms with E-state index in [4.69, 9.17) is 9.47 Å². The maximum atomic E-state index is 13.8. The van der Waals surface area contributed by atoms with Crippen molar-refractivity contribution in [3.8, 4) is 11.5 Å². The molecule has 5 unspecified atom stereocenters. The second kappa shape index (κ2) is 9.62. The van der Waals surface area contributed by atoms with Crippen LogP contribution in [-0.4, -0.2) is 47.5 Å². The number of ether oxygens (including phenoxy) is 2. The Balaban J connectivity index is 1.86. The van der Waals surface area contributed by atoms with Gasteiger partial charge in [0.25, 0.3) is 0 Å². The van der Waals surface area contributed by atoms with Gasteiger partial charge in [0.1, 0.15) is 5.54 Å². The van der Waals surface area contributed by atoms with Crippen molar-refractivity contribution in [1.29, 1.82) is 0 Å². The lowest BCUT2D eigenvalue weighted by atomic mass is 9.72. The molecule has 2 N–H and O–H groups in total. The van der Waals surface area contributed by atoms with Crippen molar-refractivity contribution in [3.63, 3.8) is 0 Å². The molecule has 0 aromatic heterocycles. The summed E-state index contributed by atoms with van der Waals surface area (Å²) in [5, 5.41) is 13.7. The predicted octanol–water partition coefficient (Wildman–Crippen LogP) is 3.78. The third-order valence-corrected chi connectivity index (χ3v) is 8.02. The summed E-state index contributed by atoms with van der Waals surface area (Å²) in [6, 6.07) is 12.0. The SMILES string of the molecule is CCC(C)C1(C(=O)O)NC(c2cc(Br)c(OC)c(OC)c2)C2C(=O)N(Cc3ccccc3)C(=O)C21. The Morgan fingerprint density at radius 1 is 1.17 bits per heavy atom. The van der Waals surface area contributed by atoms with E-state index in [0.717, 1.165) is 5.56 Å². The highest BCUT2D eigenvalue weighted by molar-refractivity contribution is 9.10. The molecule has 0 bridgehead atoms. The largest absolute Gasteiger partial charge is 0.493 e. The highest BCUT2D eigenvalue weighted by Gasteiger charge is 2.69. The van der Waals surface area contributed by atoms with E-state index < -0.39 is 41.2 Å². The number of hydrogen-bond acceptors (Lipinski definition) is 6. The van der Waals surface area contributed by atoms with Crippen LogP contribution >= 0.6 is 15.9 Å². The van der Waals surface area contributed by atoms with Gasteiger partial charge in [-0.05, 0) is 45.1 Å². The molecule has 0 aliphatic carbocycles. The van der Waals surface area contributed by atoms with Crippen molar-refractivity contribution in [2.24, 2.45) is 17.8 Å². The van der Waals surface area contributed by atoms with Gasteiger partial charge in [0.15, 0.2) is 11.5 Å². The maximum Gasteiger partial charge on any atom is 0.325 e. The van der Waals surface area contributed by atoms with Crippen molar-refractivity contribution in [2.75, 3.05) is 14.2 Å². The van der Waals surface area contributed by atoms with Crippen LogP contribution in [-0.2, 0) is 20.9 Å². The normalized spacial score (nSPS) is 26.5. The molecular weight excluding hydrogens is 516 g/mol. The molecule has 4 rings (SSSR count). The number of hydrogen-bond donors (Lipinski definition) is 2. The molecular formula is C26H29BrN2O6. The van der Waals surface area contributed by atoms with Crippen LogP contribution in [0.15, 0.2) is 46.9 Å². The lowest BCUT2D eigenvalue weighted by Crippen LogP contribution is -2.59. The highest BCUT2D eigenvalue weighted by atomic mass is 79.9.